The van der Waals surface area contributed by atoms with Crippen LogP contribution in [0.5, 0.6) is 0 Å². The predicted molar refractivity (Wildman–Crippen MR) is 208 cm³/mol. The monoisotopic (exact) mass is 799 g/mol. The zero-order valence-corrected chi connectivity index (χ0v) is 33.5. The Bertz CT molecular complexity index is 2250. The molecule has 2 amide bonds. The molecule has 14 heteroatoms. The fourth-order valence-corrected chi connectivity index (χ4v) is 12.1. The van der Waals surface area contributed by atoms with Crippen molar-refractivity contribution in [3.05, 3.63) is 94.3 Å². The zero-order chi connectivity index (χ0) is 40.8. The van der Waals surface area contributed by atoms with Gasteiger partial charge in [0.2, 0.25) is 0 Å². The van der Waals surface area contributed by atoms with Crippen molar-refractivity contribution in [3.63, 3.8) is 0 Å². The smallest absolute Gasteiger partial charge is 0.317 e. The minimum atomic E-state index is -0.650. The number of benzene rings is 2. The molecule has 2 aromatic heterocycles. The maximum Gasteiger partial charge on any atom is 0.317 e. The summed E-state index contributed by atoms with van der Waals surface area (Å²) in [5.41, 5.74) is 3.26. The highest BCUT2D eigenvalue weighted by molar-refractivity contribution is 5.74. The topological polar surface area (TPSA) is 114 Å². The third kappa shape index (κ3) is 5.42. The van der Waals surface area contributed by atoms with Crippen molar-refractivity contribution in [1.82, 2.24) is 35.9 Å². The molecule has 2 N–H and O–H groups in total. The van der Waals surface area contributed by atoms with Crippen LogP contribution < -0.4 is 10.6 Å². The minimum absolute atomic E-state index is 0.0397. The second kappa shape index (κ2) is 14.0. The first-order chi connectivity index (χ1) is 27.8. The fraction of sp³-hybridized carbons (Fsp3) is 0.523. The van der Waals surface area contributed by atoms with Gasteiger partial charge in [-0.15, -0.1) is 0 Å². The lowest BCUT2D eigenvalue weighted by Gasteiger charge is -2.47. The van der Waals surface area contributed by atoms with Crippen molar-refractivity contribution >= 4 is 6.03 Å². The Morgan fingerprint density at radius 3 is 1.69 bits per heavy atom. The molecule has 2 saturated heterocycles. The fourth-order valence-electron chi connectivity index (χ4n) is 12.1. The molecule has 2 aliphatic heterocycles. The van der Waals surface area contributed by atoms with E-state index in [1.165, 1.54) is 36.4 Å². The molecule has 6 atom stereocenters. The van der Waals surface area contributed by atoms with Crippen LogP contribution in [-0.2, 0) is 20.3 Å². The van der Waals surface area contributed by atoms with Gasteiger partial charge in [-0.2, -0.15) is 20.4 Å². The van der Waals surface area contributed by atoms with Crippen LogP contribution >= 0.6 is 0 Å². The Labute approximate surface area is 335 Å². The van der Waals surface area contributed by atoms with E-state index in [0.29, 0.717) is 32.2 Å². The number of nitrogens with zero attached hydrogens (tertiary/aromatic N) is 5. The molecule has 4 bridgehead atoms. The SMILES string of the molecule is CC1(C)[C@H]2CC[C@]1([C@H]1CNCCO1)c1nnc(-c3c(F)cccc3F)cc12.CNC(=O)N1CCO[C@@H]([C@@]23CC[C@@H](c4cc(-c5c(F)cccc5F)nnc42)C3(C)C)C1. The van der Waals surface area contributed by atoms with Gasteiger partial charge in [0.1, 0.15) is 23.3 Å². The number of hydrogen-bond donors (Lipinski definition) is 2. The number of hydrogen-bond acceptors (Lipinski definition) is 8. The summed E-state index contributed by atoms with van der Waals surface area (Å²) in [7, 11) is 1.63. The van der Waals surface area contributed by atoms with Crippen LogP contribution in [0.15, 0.2) is 48.5 Å². The summed E-state index contributed by atoms with van der Waals surface area (Å²) in [5, 5.41) is 23.8. The Hall–Kier alpha value is -4.53. The standard InChI is InChI=1S/C23H26F2N4O2.C21H23F2N3O/c1-22(2)14-7-8-23(22,18-12-29(9-10-31-18)21(30)26-3)20-13(14)11-17(27-28-20)19-15(24)5-4-6-16(19)25;1-20(2)13-6-7-21(20,17-11-24-8-9-27-17)19-12(13)10-16(25-26-19)18-14(22)4-3-5-15(18)23/h4-6,11,14,18H,7-10,12H2,1-3H3,(H,26,30);3-5,10,13,17,24H,6-9,11H2,1-2H3/t14-,18+,23-;13-,17+,21-/m00/s1. The summed E-state index contributed by atoms with van der Waals surface area (Å²) < 4.78 is 69.7. The summed E-state index contributed by atoms with van der Waals surface area (Å²) in [6.45, 7) is 12.8. The zero-order valence-electron chi connectivity index (χ0n) is 33.5. The molecule has 4 fully saturated rings. The maximum absolute atomic E-state index is 14.4. The van der Waals surface area contributed by atoms with E-state index >= 15 is 0 Å². The Morgan fingerprint density at radius 2 is 1.22 bits per heavy atom. The summed E-state index contributed by atoms with van der Waals surface area (Å²) in [5.74, 6) is -2.04. The van der Waals surface area contributed by atoms with Gasteiger partial charge in [0, 0.05) is 44.1 Å². The largest absolute Gasteiger partial charge is 0.375 e. The second-order valence-electron chi connectivity index (χ2n) is 17.8. The van der Waals surface area contributed by atoms with E-state index in [4.69, 9.17) is 9.47 Å². The average Bonchev–Trinajstić information content (AvgIpc) is 3.80. The van der Waals surface area contributed by atoms with Crippen molar-refractivity contribution in [1.29, 1.82) is 0 Å². The predicted octanol–water partition coefficient (Wildman–Crippen LogP) is 7.18. The van der Waals surface area contributed by atoms with Crippen LogP contribution in [-0.4, -0.2) is 90.0 Å². The van der Waals surface area contributed by atoms with Gasteiger partial charge in [0.25, 0.3) is 0 Å². The molecule has 10 rings (SSSR count). The number of morpholine rings is 2. The van der Waals surface area contributed by atoms with Crippen LogP contribution in [0.3, 0.4) is 0 Å². The average molecular weight is 800 g/mol. The van der Waals surface area contributed by atoms with Gasteiger partial charge in [0.15, 0.2) is 0 Å². The van der Waals surface area contributed by atoms with Gasteiger partial charge in [0.05, 0.1) is 59.3 Å². The van der Waals surface area contributed by atoms with E-state index in [1.54, 1.807) is 18.0 Å². The molecule has 4 heterocycles. The quantitative estimate of drug-likeness (QED) is 0.209. The molecule has 0 unspecified atom stereocenters. The van der Waals surface area contributed by atoms with Crippen molar-refractivity contribution in [2.24, 2.45) is 10.8 Å². The van der Waals surface area contributed by atoms with Gasteiger partial charge >= 0.3 is 6.03 Å². The third-order valence-corrected chi connectivity index (χ3v) is 15.0. The van der Waals surface area contributed by atoms with Crippen molar-refractivity contribution in [3.8, 4) is 22.5 Å². The second-order valence-corrected chi connectivity index (χ2v) is 17.8. The van der Waals surface area contributed by atoms with E-state index in [-0.39, 0.29) is 62.9 Å². The van der Waals surface area contributed by atoms with Crippen LogP contribution in [0, 0.1) is 34.1 Å². The molecule has 2 aromatic carbocycles. The van der Waals surface area contributed by atoms with E-state index in [0.717, 1.165) is 61.3 Å². The van der Waals surface area contributed by atoms with Crippen molar-refractivity contribution in [2.45, 2.75) is 88.3 Å². The molecular formula is C44H49F4N7O3. The van der Waals surface area contributed by atoms with Gasteiger partial charge in [-0.25, -0.2) is 22.4 Å². The number of amides is 2. The lowest BCUT2D eigenvalue weighted by Crippen LogP contribution is -2.58. The number of carbonyl (C=O) groups is 1. The van der Waals surface area contributed by atoms with Crippen LogP contribution in [0.1, 0.15) is 87.7 Å². The summed E-state index contributed by atoms with van der Waals surface area (Å²) >= 11 is 0. The molecule has 10 nitrogen and oxygen atoms in total. The first kappa shape index (κ1) is 39.0. The maximum atomic E-state index is 14.4. The molecule has 4 aliphatic carbocycles. The first-order valence-corrected chi connectivity index (χ1v) is 20.3. The highest BCUT2D eigenvalue weighted by Crippen LogP contribution is 2.70. The van der Waals surface area contributed by atoms with E-state index in [9.17, 15) is 22.4 Å². The number of carbonyl (C=O) groups excluding carboxylic acids is 1. The van der Waals surface area contributed by atoms with Crippen molar-refractivity contribution in [2.75, 3.05) is 46.4 Å². The van der Waals surface area contributed by atoms with Gasteiger partial charge < -0.3 is 25.0 Å². The Kier molecular flexibility index (Phi) is 9.44. The molecular weight excluding hydrogens is 751 g/mol. The first-order valence-electron chi connectivity index (χ1n) is 20.3. The molecule has 306 valence electrons. The molecule has 4 aromatic rings. The molecule has 0 radical (unpaired) electrons. The summed E-state index contributed by atoms with van der Waals surface area (Å²) in [6.07, 6.45) is 3.68. The Balaban J connectivity index is 0.000000152. The third-order valence-electron chi connectivity index (χ3n) is 15.0. The molecule has 2 saturated carbocycles. The van der Waals surface area contributed by atoms with Crippen LogP contribution in [0.4, 0.5) is 22.4 Å². The molecule has 58 heavy (non-hydrogen) atoms. The molecule has 6 aliphatic rings. The number of fused-ring (bicyclic) bond motifs is 10. The van der Waals surface area contributed by atoms with Crippen LogP contribution in [0.2, 0.25) is 0 Å². The number of urea groups is 1. The lowest BCUT2D eigenvalue weighted by molar-refractivity contribution is -0.0817. The van der Waals surface area contributed by atoms with E-state index in [1.807, 2.05) is 6.07 Å². The van der Waals surface area contributed by atoms with E-state index in [2.05, 4.69) is 58.7 Å². The lowest BCUT2D eigenvalue weighted by atomic mass is 9.64. The van der Waals surface area contributed by atoms with Crippen LogP contribution in [0.25, 0.3) is 22.5 Å². The van der Waals surface area contributed by atoms with E-state index < -0.39 is 28.7 Å². The van der Waals surface area contributed by atoms with Gasteiger partial charge in [-0.1, -0.05) is 39.8 Å². The highest BCUT2D eigenvalue weighted by Gasteiger charge is 2.68. The number of ether oxygens (including phenoxy) is 2. The Morgan fingerprint density at radius 1 is 0.741 bits per heavy atom. The van der Waals surface area contributed by atoms with Gasteiger partial charge in [-0.3, -0.25) is 0 Å². The normalized spacial score (nSPS) is 29.7. The highest BCUT2D eigenvalue weighted by atomic mass is 19.1. The number of aromatic nitrogens is 4. The summed E-state index contributed by atoms with van der Waals surface area (Å²) in [4.78, 5) is 14.0. The number of halogens is 4. The van der Waals surface area contributed by atoms with Gasteiger partial charge in [-0.05, 0) is 95.9 Å². The minimum Gasteiger partial charge on any atom is -0.375 e. The summed E-state index contributed by atoms with van der Waals surface area (Å²) in [6, 6.07) is 11.2. The van der Waals surface area contributed by atoms with Crippen molar-refractivity contribution < 1.29 is 31.8 Å². The molecule has 0 spiro atoms. The number of rotatable bonds is 4. The number of nitrogens with one attached hydrogen (secondary N) is 2.